The zero-order valence-corrected chi connectivity index (χ0v) is 10.00. The van der Waals surface area contributed by atoms with Crippen LogP contribution in [0.1, 0.15) is 19.4 Å². The lowest BCUT2D eigenvalue weighted by molar-refractivity contribution is 0.735. The normalized spacial score (nSPS) is 9.67. The van der Waals surface area contributed by atoms with Crippen LogP contribution >= 0.6 is 0 Å². The number of aromatic nitrogens is 3. The molecular formula is C11H18N4. The molecule has 0 unspecified atom stereocenters. The fraction of sp³-hybridized carbons (Fsp3) is 0.455. The zero-order chi connectivity index (χ0) is 11.4. The minimum atomic E-state index is 0.937. The summed E-state index contributed by atoms with van der Waals surface area (Å²) in [7, 11) is 3.80. The van der Waals surface area contributed by atoms with E-state index in [1.165, 1.54) is 5.56 Å². The van der Waals surface area contributed by atoms with Gasteiger partial charge in [-0.05, 0) is 24.6 Å². The fourth-order valence-electron chi connectivity index (χ4n) is 1.56. The molecule has 2 aromatic rings. The fourth-order valence-corrected chi connectivity index (χ4v) is 1.56. The van der Waals surface area contributed by atoms with Crippen molar-refractivity contribution in [3.63, 3.8) is 0 Å². The van der Waals surface area contributed by atoms with Crippen LogP contribution in [0.4, 0.5) is 5.69 Å². The minimum Gasteiger partial charge on any atom is -0.388 e. The first-order valence-corrected chi connectivity index (χ1v) is 5.20. The van der Waals surface area contributed by atoms with E-state index in [1.54, 1.807) is 4.68 Å². The van der Waals surface area contributed by atoms with Crippen LogP contribution in [0.2, 0.25) is 0 Å². The SMILES string of the molecule is CC.CNc1cc(C)c2c(c1)nnn2C. The van der Waals surface area contributed by atoms with E-state index in [4.69, 9.17) is 0 Å². The highest BCUT2D eigenvalue weighted by molar-refractivity contribution is 5.82. The van der Waals surface area contributed by atoms with E-state index >= 15 is 0 Å². The highest BCUT2D eigenvalue weighted by Crippen LogP contribution is 2.20. The highest BCUT2D eigenvalue weighted by atomic mass is 15.4. The van der Waals surface area contributed by atoms with Crippen molar-refractivity contribution < 1.29 is 0 Å². The predicted octanol–water partition coefficient (Wildman–Crippen LogP) is 2.34. The van der Waals surface area contributed by atoms with Crippen LogP contribution in [0.15, 0.2) is 12.1 Å². The molecule has 2 rings (SSSR count). The molecule has 0 bridgehead atoms. The summed E-state index contributed by atoms with van der Waals surface area (Å²) < 4.78 is 1.80. The monoisotopic (exact) mass is 206 g/mol. The Morgan fingerprint density at radius 3 is 2.53 bits per heavy atom. The molecule has 1 N–H and O–H groups in total. The van der Waals surface area contributed by atoms with Gasteiger partial charge in [0.25, 0.3) is 0 Å². The highest BCUT2D eigenvalue weighted by Gasteiger charge is 2.05. The van der Waals surface area contributed by atoms with Crippen molar-refractivity contribution in [3.05, 3.63) is 17.7 Å². The Morgan fingerprint density at radius 1 is 1.27 bits per heavy atom. The molecule has 0 fully saturated rings. The van der Waals surface area contributed by atoms with Crippen molar-refractivity contribution >= 4 is 16.7 Å². The molecule has 4 nitrogen and oxygen atoms in total. The van der Waals surface area contributed by atoms with E-state index in [0.717, 1.165) is 16.7 Å². The number of hydrogen-bond donors (Lipinski definition) is 1. The molecular weight excluding hydrogens is 188 g/mol. The molecule has 0 saturated heterocycles. The molecule has 0 aliphatic heterocycles. The van der Waals surface area contributed by atoms with Gasteiger partial charge in [0, 0.05) is 19.8 Å². The first-order valence-electron chi connectivity index (χ1n) is 5.20. The number of aryl methyl sites for hydroxylation is 2. The molecule has 0 aliphatic carbocycles. The lowest BCUT2D eigenvalue weighted by atomic mass is 10.2. The quantitative estimate of drug-likeness (QED) is 0.778. The van der Waals surface area contributed by atoms with Crippen molar-refractivity contribution in [2.75, 3.05) is 12.4 Å². The Balaban J connectivity index is 0.000000531. The average Bonchev–Trinajstić information content (AvgIpc) is 2.63. The summed E-state index contributed by atoms with van der Waals surface area (Å²) >= 11 is 0. The van der Waals surface area contributed by atoms with Crippen LogP contribution in [-0.4, -0.2) is 22.0 Å². The van der Waals surface area contributed by atoms with Gasteiger partial charge in [0.1, 0.15) is 5.52 Å². The van der Waals surface area contributed by atoms with Crippen molar-refractivity contribution in [2.24, 2.45) is 7.05 Å². The van der Waals surface area contributed by atoms with Crippen LogP contribution < -0.4 is 5.32 Å². The summed E-state index contributed by atoms with van der Waals surface area (Å²) in [5.74, 6) is 0. The summed E-state index contributed by atoms with van der Waals surface area (Å²) in [6.45, 7) is 6.06. The van der Waals surface area contributed by atoms with E-state index in [9.17, 15) is 0 Å². The maximum absolute atomic E-state index is 4.06. The number of benzene rings is 1. The molecule has 1 heterocycles. The Labute approximate surface area is 90.3 Å². The van der Waals surface area contributed by atoms with Crippen LogP contribution in [0.25, 0.3) is 11.0 Å². The lowest BCUT2D eigenvalue weighted by Crippen LogP contribution is -1.93. The van der Waals surface area contributed by atoms with Gasteiger partial charge < -0.3 is 5.32 Å². The molecule has 15 heavy (non-hydrogen) atoms. The van der Waals surface area contributed by atoms with Crippen LogP contribution in [-0.2, 0) is 7.05 Å². The number of hydrogen-bond acceptors (Lipinski definition) is 3. The Kier molecular flexibility index (Phi) is 3.66. The van der Waals surface area contributed by atoms with Gasteiger partial charge in [-0.25, -0.2) is 4.68 Å². The van der Waals surface area contributed by atoms with Crippen molar-refractivity contribution in [1.29, 1.82) is 0 Å². The second-order valence-electron chi connectivity index (χ2n) is 3.12. The molecule has 1 aromatic heterocycles. The molecule has 0 atom stereocenters. The number of rotatable bonds is 1. The third-order valence-corrected chi connectivity index (χ3v) is 2.18. The molecule has 1 aromatic carbocycles. The first-order chi connectivity index (χ1) is 7.22. The van der Waals surface area contributed by atoms with E-state index in [2.05, 4.69) is 28.6 Å². The van der Waals surface area contributed by atoms with E-state index < -0.39 is 0 Å². The van der Waals surface area contributed by atoms with Gasteiger partial charge in [-0.15, -0.1) is 5.10 Å². The summed E-state index contributed by atoms with van der Waals surface area (Å²) in [5, 5.41) is 11.1. The van der Waals surface area contributed by atoms with Gasteiger partial charge in [-0.2, -0.15) is 0 Å². The molecule has 0 saturated carbocycles. The van der Waals surface area contributed by atoms with Crippen LogP contribution in [0, 0.1) is 6.92 Å². The first kappa shape index (κ1) is 11.5. The summed E-state index contributed by atoms with van der Waals surface area (Å²) in [6.07, 6.45) is 0. The Morgan fingerprint density at radius 2 is 1.93 bits per heavy atom. The number of fused-ring (bicyclic) bond motifs is 1. The molecule has 0 amide bonds. The third kappa shape index (κ3) is 2.09. The standard InChI is InChI=1S/C9H12N4.C2H6/c1-6-4-7(10-2)5-8-9(6)13(3)12-11-8;1-2/h4-5,10H,1-3H3;1-2H3. The topological polar surface area (TPSA) is 42.7 Å². The Hall–Kier alpha value is -1.58. The number of anilines is 1. The lowest BCUT2D eigenvalue weighted by Gasteiger charge is -2.02. The summed E-state index contributed by atoms with van der Waals surface area (Å²) in [4.78, 5) is 0. The molecule has 0 aliphatic rings. The van der Waals surface area contributed by atoms with Crippen LogP contribution in [0.5, 0.6) is 0 Å². The van der Waals surface area contributed by atoms with Gasteiger partial charge in [0.05, 0.1) is 5.52 Å². The van der Waals surface area contributed by atoms with Crippen LogP contribution in [0.3, 0.4) is 0 Å². The van der Waals surface area contributed by atoms with Gasteiger partial charge in [0.2, 0.25) is 0 Å². The smallest absolute Gasteiger partial charge is 0.115 e. The Bertz CT molecular complexity index is 445. The number of nitrogens with zero attached hydrogens (tertiary/aromatic N) is 3. The van der Waals surface area contributed by atoms with Gasteiger partial charge in [0.15, 0.2) is 0 Å². The largest absolute Gasteiger partial charge is 0.388 e. The minimum absolute atomic E-state index is 0.937. The molecule has 4 heteroatoms. The molecule has 0 spiro atoms. The third-order valence-electron chi connectivity index (χ3n) is 2.18. The van der Waals surface area contributed by atoms with Crippen molar-refractivity contribution in [2.45, 2.75) is 20.8 Å². The van der Waals surface area contributed by atoms with Crippen molar-refractivity contribution in [3.8, 4) is 0 Å². The van der Waals surface area contributed by atoms with Gasteiger partial charge in [-0.1, -0.05) is 19.1 Å². The van der Waals surface area contributed by atoms with E-state index in [0.29, 0.717) is 0 Å². The molecule has 82 valence electrons. The second-order valence-corrected chi connectivity index (χ2v) is 3.12. The summed E-state index contributed by atoms with van der Waals surface area (Å²) in [6, 6.07) is 4.08. The second kappa shape index (κ2) is 4.77. The van der Waals surface area contributed by atoms with E-state index in [-0.39, 0.29) is 0 Å². The summed E-state index contributed by atoms with van der Waals surface area (Å²) in [5.41, 5.74) is 4.30. The van der Waals surface area contributed by atoms with Gasteiger partial charge in [-0.3, -0.25) is 0 Å². The van der Waals surface area contributed by atoms with Gasteiger partial charge >= 0.3 is 0 Å². The maximum Gasteiger partial charge on any atom is 0.115 e. The van der Waals surface area contributed by atoms with E-state index in [1.807, 2.05) is 34.0 Å². The maximum atomic E-state index is 4.06. The number of nitrogens with one attached hydrogen (secondary N) is 1. The predicted molar refractivity (Wildman–Crippen MR) is 64.1 cm³/mol. The van der Waals surface area contributed by atoms with Crippen molar-refractivity contribution in [1.82, 2.24) is 15.0 Å². The molecule has 0 radical (unpaired) electrons. The zero-order valence-electron chi connectivity index (χ0n) is 10.00. The average molecular weight is 206 g/mol.